The van der Waals surface area contributed by atoms with E-state index in [0.717, 1.165) is 5.75 Å². The number of hydroxylamine groups is 2. The molecule has 2 fully saturated rings. The first kappa shape index (κ1) is 15.3. The van der Waals surface area contributed by atoms with Gasteiger partial charge in [-0.1, -0.05) is 0 Å². The van der Waals surface area contributed by atoms with Crippen LogP contribution in [0.15, 0.2) is 0 Å². The van der Waals surface area contributed by atoms with Crippen molar-refractivity contribution in [1.82, 2.24) is 9.96 Å². The molecule has 0 bridgehead atoms. The van der Waals surface area contributed by atoms with Crippen molar-refractivity contribution in [2.75, 3.05) is 24.7 Å². The summed E-state index contributed by atoms with van der Waals surface area (Å²) in [5.41, 5.74) is -0.664. The fourth-order valence-corrected chi connectivity index (χ4v) is 2.97. The van der Waals surface area contributed by atoms with Crippen molar-refractivity contribution in [2.24, 2.45) is 5.41 Å². The predicted octanol–water partition coefficient (Wildman–Crippen LogP) is 0.667. The first-order chi connectivity index (χ1) is 9.29. The number of Topliss-reactive ketones (excluding diaryl/α,β-unsaturated/α-hetero) is 1. The lowest BCUT2D eigenvalue weighted by Crippen LogP contribution is -2.46. The molecule has 7 heteroatoms. The van der Waals surface area contributed by atoms with E-state index in [9.17, 15) is 14.4 Å². The van der Waals surface area contributed by atoms with E-state index in [-0.39, 0.29) is 24.7 Å². The Bertz CT molecular complexity index is 427. The van der Waals surface area contributed by atoms with Crippen molar-refractivity contribution < 1.29 is 19.2 Å². The summed E-state index contributed by atoms with van der Waals surface area (Å²) < 4.78 is 0. The molecule has 0 N–H and O–H groups in total. The monoisotopic (exact) mass is 300 g/mol. The number of rotatable bonds is 2. The van der Waals surface area contributed by atoms with Crippen LogP contribution in [-0.4, -0.2) is 58.4 Å². The molecule has 0 radical (unpaired) electrons. The predicted molar refractivity (Wildman–Crippen MR) is 74.7 cm³/mol. The first-order valence-electron chi connectivity index (χ1n) is 6.66. The molecule has 20 heavy (non-hydrogen) atoms. The van der Waals surface area contributed by atoms with Crippen LogP contribution in [-0.2, 0) is 19.2 Å². The van der Waals surface area contributed by atoms with Crippen molar-refractivity contribution in [2.45, 2.75) is 33.2 Å². The van der Waals surface area contributed by atoms with Crippen molar-refractivity contribution in [3.63, 3.8) is 0 Å². The Morgan fingerprint density at radius 3 is 2.60 bits per heavy atom. The van der Waals surface area contributed by atoms with Crippen LogP contribution in [0.1, 0.15) is 27.2 Å². The largest absolute Gasteiger partial charge is 0.366 e. The van der Waals surface area contributed by atoms with E-state index in [4.69, 9.17) is 4.84 Å². The second kappa shape index (κ2) is 5.73. The van der Waals surface area contributed by atoms with Gasteiger partial charge in [-0.3, -0.25) is 9.59 Å². The molecule has 1 atom stereocenters. The van der Waals surface area contributed by atoms with Gasteiger partial charge in [0, 0.05) is 18.7 Å². The fraction of sp³-hybridized carbons (Fsp3) is 0.769. The Hall–Kier alpha value is -1.08. The molecule has 2 aliphatic heterocycles. The zero-order valence-electron chi connectivity index (χ0n) is 12.0. The zero-order valence-corrected chi connectivity index (χ0v) is 12.9. The van der Waals surface area contributed by atoms with E-state index in [1.165, 1.54) is 5.06 Å². The summed E-state index contributed by atoms with van der Waals surface area (Å²) in [5, 5.41) is 1.25. The van der Waals surface area contributed by atoms with Gasteiger partial charge in [0.1, 0.15) is 6.04 Å². The van der Waals surface area contributed by atoms with E-state index in [1.807, 2.05) is 0 Å². The SMILES string of the molecule is CC(C)(C)C(=O)ON1CC(=O)C[C@H]1C(=O)N1CCSC1. The zero-order chi connectivity index (χ0) is 14.9. The minimum Gasteiger partial charge on any atom is -0.366 e. The minimum absolute atomic E-state index is 0.000784. The second-order valence-corrected chi connectivity index (χ2v) is 7.18. The number of hydrogen-bond acceptors (Lipinski definition) is 6. The molecule has 2 aliphatic rings. The second-order valence-electron chi connectivity index (χ2n) is 6.10. The standard InChI is InChI=1S/C13H20N2O4S/c1-13(2,3)12(18)19-15-7-9(16)6-10(15)11(17)14-4-5-20-8-14/h10H,4-8H2,1-3H3/t10-/m0/s1. The lowest BCUT2D eigenvalue weighted by atomic mass is 9.98. The molecule has 0 unspecified atom stereocenters. The Labute approximate surface area is 122 Å². The lowest BCUT2D eigenvalue weighted by molar-refractivity contribution is -0.205. The number of amides is 1. The molecule has 1 amide bonds. The number of hydrogen-bond donors (Lipinski definition) is 0. The summed E-state index contributed by atoms with van der Waals surface area (Å²) in [6, 6.07) is -0.660. The lowest BCUT2D eigenvalue weighted by Gasteiger charge is -2.27. The molecule has 0 spiro atoms. The molecule has 0 saturated carbocycles. The summed E-state index contributed by atoms with van der Waals surface area (Å²) in [5.74, 6) is 0.930. The summed E-state index contributed by atoms with van der Waals surface area (Å²) in [4.78, 5) is 42.9. The maximum absolute atomic E-state index is 12.4. The van der Waals surface area contributed by atoms with E-state index in [1.54, 1.807) is 37.4 Å². The number of thioether (sulfide) groups is 1. The molecule has 0 aromatic rings. The molecule has 2 saturated heterocycles. The summed E-state index contributed by atoms with van der Waals surface area (Å²) >= 11 is 1.68. The van der Waals surface area contributed by atoms with E-state index in [0.29, 0.717) is 12.4 Å². The van der Waals surface area contributed by atoms with Crippen LogP contribution in [0.4, 0.5) is 0 Å². The van der Waals surface area contributed by atoms with Crippen LogP contribution in [0.2, 0.25) is 0 Å². The highest BCUT2D eigenvalue weighted by molar-refractivity contribution is 7.99. The Morgan fingerprint density at radius 2 is 2.05 bits per heavy atom. The van der Waals surface area contributed by atoms with Crippen molar-refractivity contribution in [1.29, 1.82) is 0 Å². The van der Waals surface area contributed by atoms with Gasteiger partial charge in [-0.2, -0.15) is 0 Å². The van der Waals surface area contributed by atoms with Gasteiger partial charge in [0.2, 0.25) is 5.91 Å². The summed E-state index contributed by atoms with van der Waals surface area (Å²) in [7, 11) is 0. The Morgan fingerprint density at radius 1 is 1.35 bits per heavy atom. The molecular formula is C13H20N2O4S. The van der Waals surface area contributed by atoms with Crippen LogP contribution in [0, 0.1) is 5.41 Å². The smallest absolute Gasteiger partial charge is 0.330 e. The fourth-order valence-electron chi connectivity index (χ4n) is 2.01. The highest BCUT2D eigenvalue weighted by atomic mass is 32.2. The van der Waals surface area contributed by atoms with Crippen molar-refractivity contribution in [3.8, 4) is 0 Å². The molecule has 112 valence electrons. The summed E-state index contributed by atoms with van der Waals surface area (Å²) in [6.07, 6.45) is 0.122. The van der Waals surface area contributed by atoms with Crippen LogP contribution < -0.4 is 0 Å². The highest BCUT2D eigenvalue weighted by Crippen LogP contribution is 2.24. The third kappa shape index (κ3) is 3.32. The molecule has 0 aliphatic carbocycles. The normalized spacial score (nSPS) is 24.2. The average molecular weight is 300 g/mol. The van der Waals surface area contributed by atoms with Gasteiger partial charge in [0.25, 0.3) is 0 Å². The minimum atomic E-state index is -0.664. The van der Waals surface area contributed by atoms with Crippen LogP contribution in [0.5, 0.6) is 0 Å². The number of nitrogens with zero attached hydrogens (tertiary/aromatic N) is 2. The molecule has 0 aromatic carbocycles. The Kier molecular flexibility index (Phi) is 4.39. The van der Waals surface area contributed by atoms with Crippen LogP contribution in [0.25, 0.3) is 0 Å². The van der Waals surface area contributed by atoms with Gasteiger partial charge >= 0.3 is 5.97 Å². The molecule has 6 nitrogen and oxygen atoms in total. The molecule has 2 heterocycles. The average Bonchev–Trinajstić information content (AvgIpc) is 2.96. The van der Waals surface area contributed by atoms with E-state index < -0.39 is 17.4 Å². The third-order valence-electron chi connectivity index (χ3n) is 3.26. The third-order valence-corrected chi connectivity index (χ3v) is 4.23. The quantitative estimate of drug-likeness (QED) is 0.746. The van der Waals surface area contributed by atoms with Crippen LogP contribution in [0.3, 0.4) is 0 Å². The molecule has 2 rings (SSSR count). The topological polar surface area (TPSA) is 66.9 Å². The number of ketones is 1. The maximum atomic E-state index is 12.4. The highest BCUT2D eigenvalue weighted by Gasteiger charge is 2.42. The van der Waals surface area contributed by atoms with Gasteiger partial charge in [-0.25, -0.2) is 4.79 Å². The first-order valence-corrected chi connectivity index (χ1v) is 7.82. The van der Waals surface area contributed by atoms with Crippen molar-refractivity contribution >= 4 is 29.4 Å². The van der Waals surface area contributed by atoms with Crippen molar-refractivity contribution in [3.05, 3.63) is 0 Å². The number of carbonyl (C=O) groups is 3. The number of carbonyl (C=O) groups excluding carboxylic acids is 3. The summed E-state index contributed by atoms with van der Waals surface area (Å²) in [6.45, 7) is 5.90. The van der Waals surface area contributed by atoms with Gasteiger partial charge < -0.3 is 9.74 Å². The van der Waals surface area contributed by atoms with Gasteiger partial charge in [-0.05, 0) is 20.8 Å². The molecule has 0 aromatic heterocycles. The van der Waals surface area contributed by atoms with Gasteiger partial charge in [-0.15, -0.1) is 16.8 Å². The van der Waals surface area contributed by atoms with Gasteiger partial charge in [0.05, 0.1) is 17.8 Å². The molecular weight excluding hydrogens is 280 g/mol. The van der Waals surface area contributed by atoms with E-state index in [2.05, 4.69) is 0 Å². The van der Waals surface area contributed by atoms with E-state index >= 15 is 0 Å². The maximum Gasteiger partial charge on any atom is 0.330 e. The van der Waals surface area contributed by atoms with Crippen LogP contribution >= 0.6 is 11.8 Å². The Balaban J connectivity index is 2.04. The van der Waals surface area contributed by atoms with Gasteiger partial charge in [0.15, 0.2) is 5.78 Å².